The highest BCUT2D eigenvalue weighted by atomic mass is 16.5. The third-order valence-corrected chi connectivity index (χ3v) is 2.49. The Hall–Kier alpha value is -0.930. The number of hydrogen-bond acceptors (Lipinski definition) is 3. The number of rotatable bonds is 7. The smallest absolute Gasteiger partial charge is 0.0587 e. The van der Waals surface area contributed by atoms with Gasteiger partial charge in [0.15, 0.2) is 0 Å². The van der Waals surface area contributed by atoms with Crippen molar-refractivity contribution in [2.24, 2.45) is 5.92 Å². The molecule has 90 valence electrons. The maximum Gasteiger partial charge on any atom is 0.0587 e. The van der Waals surface area contributed by atoms with Crippen LogP contribution < -0.4 is 5.32 Å². The standard InChI is InChI=1S/C13H22N2O/c1-11(8-14-4-5-16-3)6-13-7-12(2)9-15-10-13/h7,9-11,14H,4-6,8H2,1-3H3. The van der Waals surface area contributed by atoms with E-state index in [0.29, 0.717) is 5.92 Å². The molecule has 0 aliphatic heterocycles. The summed E-state index contributed by atoms with van der Waals surface area (Å²) in [4.78, 5) is 4.21. The molecule has 1 N–H and O–H groups in total. The van der Waals surface area contributed by atoms with E-state index in [1.165, 1.54) is 11.1 Å². The molecule has 0 aromatic carbocycles. The predicted molar refractivity (Wildman–Crippen MR) is 66.6 cm³/mol. The highest BCUT2D eigenvalue weighted by Gasteiger charge is 2.03. The van der Waals surface area contributed by atoms with E-state index in [1.807, 2.05) is 12.4 Å². The lowest BCUT2D eigenvalue weighted by atomic mass is 10.0. The number of pyridine rings is 1. The van der Waals surface area contributed by atoms with Gasteiger partial charge in [0.2, 0.25) is 0 Å². The lowest BCUT2D eigenvalue weighted by molar-refractivity contribution is 0.198. The van der Waals surface area contributed by atoms with Crippen LogP contribution in [0.2, 0.25) is 0 Å². The minimum Gasteiger partial charge on any atom is -0.383 e. The number of nitrogens with one attached hydrogen (secondary N) is 1. The molecule has 0 aliphatic carbocycles. The van der Waals surface area contributed by atoms with Crippen molar-refractivity contribution in [1.29, 1.82) is 0 Å². The van der Waals surface area contributed by atoms with E-state index < -0.39 is 0 Å². The zero-order chi connectivity index (χ0) is 11.8. The summed E-state index contributed by atoms with van der Waals surface area (Å²) in [6, 6.07) is 2.21. The van der Waals surface area contributed by atoms with Gasteiger partial charge >= 0.3 is 0 Å². The van der Waals surface area contributed by atoms with Crippen molar-refractivity contribution < 1.29 is 4.74 Å². The molecule has 3 heteroatoms. The van der Waals surface area contributed by atoms with Gasteiger partial charge in [-0.3, -0.25) is 4.98 Å². The van der Waals surface area contributed by atoms with Crippen LogP contribution in [0, 0.1) is 12.8 Å². The van der Waals surface area contributed by atoms with Gasteiger partial charge in [-0.25, -0.2) is 0 Å². The number of hydrogen-bond donors (Lipinski definition) is 1. The fourth-order valence-corrected chi connectivity index (χ4v) is 1.73. The molecule has 0 fully saturated rings. The lowest BCUT2D eigenvalue weighted by Crippen LogP contribution is -2.25. The van der Waals surface area contributed by atoms with E-state index >= 15 is 0 Å². The molecule has 0 spiro atoms. The van der Waals surface area contributed by atoms with Crippen molar-refractivity contribution in [2.45, 2.75) is 20.3 Å². The molecule has 0 bridgehead atoms. The summed E-state index contributed by atoms with van der Waals surface area (Å²) in [6.07, 6.45) is 4.93. The van der Waals surface area contributed by atoms with Gasteiger partial charge in [-0.05, 0) is 36.9 Å². The van der Waals surface area contributed by atoms with Gasteiger partial charge in [0, 0.05) is 26.0 Å². The average Bonchev–Trinajstić information content (AvgIpc) is 2.24. The first-order chi connectivity index (χ1) is 7.72. The second-order valence-electron chi connectivity index (χ2n) is 4.38. The number of ether oxygens (including phenoxy) is 1. The Morgan fingerprint density at radius 1 is 1.44 bits per heavy atom. The van der Waals surface area contributed by atoms with E-state index in [0.717, 1.165) is 26.1 Å². The molecule has 0 saturated carbocycles. The molecule has 0 amide bonds. The van der Waals surface area contributed by atoms with Crippen molar-refractivity contribution in [3.8, 4) is 0 Å². The average molecular weight is 222 g/mol. The van der Waals surface area contributed by atoms with Crippen LogP contribution >= 0.6 is 0 Å². The topological polar surface area (TPSA) is 34.1 Å². The van der Waals surface area contributed by atoms with Crippen molar-refractivity contribution in [2.75, 3.05) is 26.8 Å². The quantitative estimate of drug-likeness (QED) is 0.714. The van der Waals surface area contributed by atoms with E-state index in [2.05, 4.69) is 30.2 Å². The highest BCUT2D eigenvalue weighted by molar-refractivity contribution is 5.16. The summed E-state index contributed by atoms with van der Waals surface area (Å²) in [7, 11) is 1.73. The summed E-state index contributed by atoms with van der Waals surface area (Å²) in [6.45, 7) is 7.06. The van der Waals surface area contributed by atoms with Gasteiger partial charge in [-0.1, -0.05) is 13.0 Å². The molecule has 0 aliphatic rings. The summed E-state index contributed by atoms with van der Waals surface area (Å²) in [5.41, 5.74) is 2.55. The van der Waals surface area contributed by atoms with Crippen LogP contribution in [0.25, 0.3) is 0 Å². The Kier molecular flexibility index (Phi) is 6.04. The van der Waals surface area contributed by atoms with Crippen molar-refractivity contribution >= 4 is 0 Å². The van der Waals surface area contributed by atoms with Gasteiger partial charge in [0.25, 0.3) is 0 Å². The van der Waals surface area contributed by atoms with Gasteiger partial charge in [0.05, 0.1) is 6.61 Å². The minimum atomic E-state index is 0.625. The van der Waals surface area contributed by atoms with Crippen molar-refractivity contribution in [3.05, 3.63) is 29.6 Å². The zero-order valence-electron chi connectivity index (χ0n) is 10.5. The minimum absolute atomic E-state index is 0.625. The maximum atomic E-state index is 4.99. The van der Waals surface area contributed by atoms with Crippen LogP contribution in [-0.4, -0.2) is 31.8 Å². The summed E-state index contributed by atoms with van der Waals surface area (Å²) < 4.78 is 4.99. The zero-order valence-corrected chi connectivity index (χ0v) is 10.5. The van der Waals surface area contributed by atoms with Crippen LogP contribution in [0.3, 0.4) is 0 Å². The normalized spacial score (nSPS) is 12.7. The van der Waals surface area contributed by atoms with Crippen LogP contribution in [0.5, 0.6) is 0 Å². The molecule has 1 atom stereocenters. The molecule has 1 unspecified atom stereocenters. The van der Waals surface area contributed by atoms with E-state index in [1.54, 1.807) is 7.11 Å². The Morgan fingerprint density at radius 2 is 2.25 bits per heavy atom. The third kappa shape index (κ3) is 5.24. The second-order valence-corrected chi connectivity index (χ2v) is 4.38. The van der Waals surface area contributed by atoms with Gasteiger partial charge in [0.1, 0.15) is 0 Å². The van der Waals surface area contributed by atoms with Gasteiger partial charge in [-0.2, -0.15) is 0 Å². The SMILES string of the molecule is COCCNCC(C)Cc1cncc(C)c1. The molecular formula is C13H22N2O. The summed E-state index contributed by atoms with van der Waals surface area (Å²) in [5, 5.41) is 3.38. The molecule has 1 heterocycles. The Balaban J connectivity index is 2.25. The predicted octanol–water partition coefficient (Wildman–Crippen LogP) is 1.80. The third-order valence-electron chi connectivity index (χ3n) is 2.49. The number of aryl methyl sites for hydroxylation is 1. The second kappa shape index (κ2) is 7.36. The monoisotopic (exact) mass is 222 g/mol. The largest absolute Gasteiger partial charge is 0.383 e. The first kappa shape index (κ1) is 13.1. The molecular weight excluding hydrogens is 200 g/mol. The Morgan fingerprint density at radius 3 is 2.94 bits per heavy atom. The van der Waals surface area contributed by atoms with Crippen molar-refractivity contribution in [3.63, 3.8) is 0 Å². The maximum absolute atomic E-state index is 4.99. The van der Waals surface area contributed by atoms with Crippen LogP contribution in [0.1, 0.15) is 18.1 Å². The van der Waals surface area contributed by atoms with Crippen molar-refractivity contribution in [1.82, 2.24) is 10.3 Å². The highest BCUT2D eigenvalue weighted by Crippen LogP contribution is 2.08. The molecule has 1 aromatic rings. The van der Waals surface area contributed by atoms with Gasteiger partial charge in [-0.15, -0.1) is 0 Å². The number of methoxy groups -OCH3 is 1. The number of nitrogens with zero attached hydrogens (tertiary/aromatic N) is 1. The Bertz CT molecular complexity index is 302. The number of aromatic nitrogens is 1. The fraction of sp³-hybridized carbons (Fsp3) is 0.615. The van der Waals surface area contributed by atoms with Crippen LogP contribution in [0.15, 0.2) is 18.5 Å². The summed E-state index contributed by atoms with van der Waals surface area (Å²) in [5.74, 6) is 0.625. The van der Waals surface area contributed by atoms with E-state index in [9.17, 15) is 0 Å². The first-order valence-electron chi connectivity index (χ1n) is 5.82. The molecule has 0 saturated heterocycles. The summed E-state index contributed by atoms with van der Waals surface area (Å²) >= 11 is 0. The lowest BCUT2D eigenvalue weighted by Gasteiger charge is -2.12. The molecule has 3 nitrogen and oxygen atoms in total. The molecule has 0 radical (unpaired) electrons. The van der Waals surface area contributed by atoms with E-state index in [4.69, 9.17) is 4.74 Å². The first-order valence-corrected chi connectivity index (χ1v) is 5.82. The van der Waals surface area contributed by atoms with Gasteiger partial charge < -0.3 is 10.1 Å². The van der Waals surface area contributed by atoms with Crippen LogP contribution in [-0.2, 0) is 11.2 Å². The molecule has 16 heavy (non-hydrogen) atoms. The Labute approximate surface area is 98.2 Å². The van der Waals surface area contributed by atoms with Crippen LogP contribution in [0.4, 0.5) is 0 Å². The van der Waals surface area contributed by atoms with E-state index in [-0.39, 0.29) is 0 Å². The fourth-order valence-electron chi connectivity index (χ4n) is 1.73. The molecule has 1 rings (SSSR count). The molecule has 1 aromatic heterocycles.